The number of fused-ring (bicyclic) bond motifs is 1. The number of aryl methyl sites for hydroxylation is 1. The van der Waals surface area contributed by atoms with Crippen LogP contribution < -0.4 is 5.32 Å². The molecule has 0 atom stereocenters. The van der Waals surface area contributed by atoms with Crippen LogP contribution in [-0.4, -0.2) is 25.8 Å². The number of carbonyl (C=O) groups excluding carboxylic acids is 1. The minimum atomic E-state index is -0.451. The van der Waals surface area contributed by atoms with Crippen molar-refractivity contribution in [2.75, 3.05) is 5.32 Å². The number of hydrogen-bond acceptors (Lipinski definition) is 6. The van der Waals surface area contributed by atoms with Gasteiger partial charge in [-0.25, -0.2) is 0 Å². The zero-order valence-corrected chi connectivity index (χ0v) is 17.4. The molecular formula is C24H17N5O4. The summed E-state index contributed by atoms with van der Waals surface area (Å²) in [5.41, 5.74) is 4.08. The molecule has 1 amide bonds. The summed E-state index contributed by atoms with van der Waals surface area (Å²) in [6.07, 6.45) is 0. The molecule has 9 heteroatoms. The standard InChI is InChI=1S/C24H17N5O4/c1-15-13-18(29(31)32)8-9-19(15)22-11-12-23(33-22)24(30)25-16-7-10-20-21(14-16)27-28(26-20)17-5-3-2-4-6-17/h2-14H,1H3,(H,25,30). The van der Waals surface area contributed by atoms with E-state index in [4.69, 9.17) is 4.42 Å². The Labute approximate surface area is 187 Å². The van der Waals surface area contributed by atoms with Gasteiger partial charge in [0.25, 0.3) is 11.6 Å². The Balaban J connectivity index is 1.36. The second-order valence-corrected chi connectivity index (χ2v) is 7.40. The molecule has 3 aromatic carbocycles. The Morgan fingerprint density at radius 2 is 1.76 bits per heavy atom. The number of benzene rings is 3. The number of rotatable bonds is 5. The van der Waals surface area contributed by atoms with E-state index in [1.807, 2.05) is 30.3 Å². The summed E-state index contributed by atoms with van der Waals surface area (Å²) in [4.78, 5) is 24.7. The number of nitrogens with one attached hydrogen (secondary N) is 1. The summed E-state index contributed by atoms with van der Waals surface area (Å²) in [5, 5.41) is 22.7. The lowest BCUT2D eigenvalue weighted by Gasteiger charge is -2.04. The molecule has 0 saturated carbocycles. The van der Waals surface area contributed by atoms with E-state index < -0.39 is 10.8 Å². The third-order valence-electron chi connectivity index (χ3n) is 5.14. The van der Waals surface area contributed by atoms with Gasteiger partial charge in [0.1, 0.15) is 16.8 Å². The number of non-ortho nitro benzene ring substituents is 1. The largest absolute Gasteiger partial charge is 0.451 e. The van der Waals surface area contributed by atoms with Crippen molar-refractivity contribution in [3.05, 3.63) is 100 Å². The van der Waals surface area contributed by atoms with Gasteiger partial charge in [0, 0.05) is 23.4 Å². The maximum atomic E-state index is 12.7. The quantitative estimate of drug-likeness (QED) is 0.299. The van der Waals surface area contributed by atoms with Crippen LogP contribution in [0, 0.1) is 17.0 Å². The first-order valence-electron chi connectivity index (χ1n) is 10.1. The molecule has 9 nitrogen and oxygen atoms in total. The zero-order chi connectivity index (χ0) is 22.9. The van der Waals surface area contributed by atoms with E-state index in [1.165, 1.54) is 12.1 Å². The van der Waals surface area contributed by atoms with Gasteiger partial charge in [-0.1, -0.05) is 18.2 Å². The smallest absolute Gasteiger partial charge is 0.291 e. The highest BCUT2D eigenvalue weighted by atomic mass is 16.6. The molecular weight excluding hydrogens is 422 g/mol. The molecule has 33 heavy (non-hydrogen) atoms. The Hall–Kier alpha value is -4.79. The number of aromatic nitrogens is 3. The summed E-state index contributed by atoms with van der Waals surface area (Å²) >= 11 is 0. The molecule has 5 rings (SSSR count). The summed E-state index contributed by atoms with van der Waals surface area (Å²) in [7, 11) is 0. The lowest BCUT2D eigenvalue weighted by molar-refractivity contribution is -0.384. The molecule has 0 fully saturated rings. The molecule has 0 unspecified atom stereocenters. The first kappa shape index (κ1) is 20.1. The van der Waals surface area contributed by atoms with Crippen molar-refractivity contribution < 1.29 is 14.1 Å². The van der Waals surface area contributed by atoms with Crippen molar-refractivity contribution in [2.45, 2.75) is 6.92 Å². The van der Waals surface area contributed by atoms with Crippen LogP contribution in [0.25, 0.3) is 28.0 Å². The molecule has 5 aromatic rings. The summed E-state index contributed by atoms with van der Waals surface area (Å²) in [5.74, 6) is 0.153. The van der Waals surface area contributed by atoms with Crippen molar-refractivity contribution in [1.82, 2.24) is 15.0 Å². The van der Waals surface area contributed by atoms with Gasteiger partial charge in [-0.2, -0.15) is 4.80 Å². The first-order valence-corrected chi connectivity index (χ1v) is 10.1. The van der Waals surface area contributed by atoms with Crippen molar-refractivity contribution in [2.24, 2.45) is 0 Å². The van der Waals surface area contributed by atoms with Gasteiger partial charge in [0.05, 0.1) is 10.6 Å². The van der Waals surface area contributed by atoms with Crippen LogP contribution in [0.4, 0.5) is 11.4 Å². The van der Waals surface area contributed by atoms with Gasteiger partial charge in [-0.3, -0.25) is 14.9 Å². The van der Waals surface area contributed by atoms with Crippen LogP contribution in [0.15, 0.2) is 83.3 Å². The van der Waals surface area contributed by atoms with Crippen LogP contribution in [0.5, 0.6) is 0 Å². The van der Waals surface area contributed by atoms with Crippen molar-refractivity contribution in [1.29, 1.82) is 0 Å². The normalized spacial score (nSPS) is 10.9. The Morgan fingerprint density at radius 3 is 2.52 bits per heavy atom. The number of anilines is 1. The number of carbonyl (C=O) groups is 1. The Bertz CT molecular complexity index is 1500. The third kappa shape index (κ3) is 3.94. The van der Waals surface area contributed by atoms with E-state index in [1.54, 1.807) is 48.1 Å². The van der Waals surface area contributed by atoms with E-state index in [-0.39, 0.29) is 11.4 Å². The number of nitrogens with zero attached hydrogens (tertiary/aromatic N) is 4. The molecule has 0 saturated heterocycles. The average Bonchev–Trinajstić information content (AvgIpc) is 3.47. The molecule has 0 bridgehead atoms. The minimum absolute atomic E-state index is 0.000334. The van der Waals surface area contributed by atoms with Crippen LogP contribution >= 0.6 is 0 Å². The van der Waals surface area contributed by atoms with Crippen LogP contribution in [-0.2, 0) is 0 Å². The fraction of sp³-hybridized carbons (Fsp3) is 0.0417. The van der Waals surface area contributed by atoms with E-state index in [2.05, 4.69) is 15.5 Å². The number of para-hydroxylation sites is 1. The van der Waals surface area contributed by atoms with Gasteiger partial charge in [0.2, 0.25) is 0 Å². The fourth-order valence-electron chi connectivity index (χ4n) is 3.50. The average molecular weight is 439 g/mol. The van der Waals surface area contributed by atoms with E-state index in [9.17, 15) is 14.9 Å². The highest BCUT2D eigenvalue weighted by molar-refractivity contribution is 6.03. The van der Waals surface area contributed by atoms with Crippen LogP contribution in [0.3, 0.4) is 0 Å². The SMILES string of the molecule is Cc1cc([N+](=O)[O-])ccc1-c1ccc(C(=O)Nc2ccc3nn(-c4ccccc4)nc3c2)o1. The first-order chi connectivity index (χ1) is 16.0. The Morgan fingerprint density at radius 1 is 0.970 bits per heavy atom. The lowest BCUT2D eigenvalue weighted by atomic mass is 10.1. The number of hydrogen-bond donors (Lipinski definition) is 1. The van der Waals surface area contributed by atoms with Gasteiger partial charge in [0.15, 0.2) is 5.76 Å². The highest BCUT2D eigenvalue weighted by Gasteiger charge is 2.16. The second-order valence-electron chi connectivity index (χ2n) is 7.40. The molecule has 0 radical (unpaired) electrons. The van der Waals surface area contributed by atoms with Gasteiger partial charge >= 0.3 is 0 Å². The molecule has 162 valence electrons. The molecule has 0 aliphatic carbocycles. The summed E-state index contributed by atoms with van der Waals surface area (Å²) in [6, 6.07) is 22.5. The maximum Gasteiger partial charge on any atom is 0.291 e. The zero-order valence-electron chi connectivity index (χ0n) is 17.4. The summed E-state index contributed by atoms with van der Waals surface area (Å²) < 4.78 is 5.72. The van der Waals surface area contributed by atoms with Crippen molar-refractivity contribution in [3.63, 3.8) is 0 Å². The summed E-state index contributed by atoms with van der Waals surface area (Å²) in [6.45, 7) is 1.75. The van der Waals surface area contributed by atoms with E-state index in [0.717, 1.165) is 5.69 Å². The van der Waals surface area contributed by atoms with Crippen molar-refractivity contribution in [3.8, 4) is 17.0 Å². The number of amides is 1. The molecule has 1 N–H and O–H groups in total. The van der Waals surface area contributed by atoms with E-state index in [0.29, 0.717) is 33.6 Å². The lowest BCUT2D eigenvalue weighted by Crippen LogP contribution is -2.10. The van der Waals surface area contributed by atoms with Crippen LogP contribution in [0.1, 0.15) is 16.1 Å². The topological polar surface area (TPSA) is 116 Å². The molecule has 2 aromatic heterocycles. The third-order valence-corrected chi connectivity index (χ3v) is 5.14. The maximum absolute atomic E-state index is 12.7. The monoisotopic (exact) mass is 439 g/mol. The van der Waals surface area contributed by atoms with Crippen molar-refractivity contribution >= 4 is 28.3 Å². The number of furan rings is 1. The Kier molecular flexibility index (Phi) is 4.91. The van der Waals surface area contributed by atoms with Crippen LogP contribution in [0.2, 0.25) is 0 Å². The molecule has 0 aliphatic rings. The fourth-order valence-corrected chi connectivity index (χ4v) is 3.50. The molecule has 0 aliphatic heterocycles. The molecule has 0 spiro atoms. The van der Waals surface area contributed by atoms with Gasteiger partial charge in [-0.15, -0.1) is 10.2 Å². The molecule has 2 heterocycles. The number of nitro benzene ring substituents is 1. The van der Waals surface area contributed by atoms with E-state index >= 15 is 0 Å². The highest BCUT2D eigenvalue weighted by Crippen LogP contribution is 2.29. The van der Waals surface area contributed by atoms with Gasteiger partial charge < -0.3 is 9.73 Å². The predicted molar refractivity (Wildman–Crippen MR) is 122 cm³/mol. The van der Waals surface area contributed by atoms with Gasteiger partial charge in [-0.05, 0) is 61.0 Å². The number of nitro groups is 1. The predicted octanol–water partition coefficient (Wildman–Crippen LogP) is 5.15. The minimum Gasteiger partial charge on any atom is -0.451 e. The second kappa shape index (κ2) is 8.04.